The van der Waals surface area contributed by atoms with Crippen LogP contribution in [0.1, 0.15) is 16.5 Å². The molecule has 3 aromatic heterocycles. The number of rotatable bonds is 3. The number of halogens is 1. The van der Waals surface area contributed by atoms with Gasteiger partial charge in [-0.1, -0.05) is 0 Å². The number of hydrogen-bond donors (Lipinski definition) is 1. The summed E-state index contributed by atoms with van der Waals surface area (Å²) in [5.74, 6) is 0. The van der Waals surface area contributed by atoms with Crippen molar-refractivity contribution in [1.29, 1.82) is 0 Å². The second-order valence-electron chi connectivity index (χ2n) is 4.01. The van der Waals surface area contributed by atoms with Crippen molar-refractivity contribution in [3.8, 4) is 0 Å². The van der Waals surface area contributed by atoms with Crippen LogP contribution in [0.5, 0.6) is 0 Å². The molecule has 0 aliphatic carbocycles. The fourth-order valence-electron chi connectivity index (χ4n) is 1.92. The molecule has 1 atom stereocenters. The van der Waals surface area contributed by atoms with E-state index in [9.17, 15) is 0 Å². The number of nitrogens with two attached hydrogens (primary N) is 1. The number of nitrogens with zero attached hydrogens (tertiary/aromatic N) is 3. The zero-order chi connectivity index (χ0) is 12.5. The van der Waals surface area contributed by atoms with E-state index in [1.807, 2.05) is 18.5 Å². The molecule has 0 bridgehead atoms. The van der Waals surface area contributed by atoms with Crippen LogP contribution in [0.15, 0.2) is 40.7 Å². The smallest absolute Gasteiger partial charge is 0.0892 e. The molecule has 0 radical (unpaired) electrons. The van der Waals surface area contributed by atoms with E-state index in [0.29, 0.717) is 0 Å². The van der Waals surface area contributed by atoms with Gasteiger partial charge >= 0.3 is 0 Å². The van der Waals surface area contributed by atoms with E-state index in [-0.39, 0.29) is 6.04 Å². The molecule has 4 nitrogen and oxygen atoms in total. The minimum absolute atomic E-state index is 0.0679. The largest absolute Gasteiger partial charge is 0.324 e. The highest BCUT2D eigenvalue weighted by molar-refractivity contribution is 9.10. The van der Waals surface area contributed by atoms with Crippen LogP contribution >= 0.6 is 27.3 Å². The fraction of sp³-hybridized carbons (Fsp3) is 0.167. The third kappa shape index (κ3) is 2.07. The number of thiophene rings is 1. The molecule has 0 saturated heterocycles. The van der Waals surface area contributed by atoms with Crippen LogP contribution in [0.4, 0.5) is 0 Å². The van der Waals surface area contributed by atoms with Gasteiger partial charge in [0.05, 0.1) is 17.9 Å². The van der Waals surface area contributed by atoms with Gasteiger partial charge in [0.2, 0.25) is 0 Å². The summed E-state index contributed by atoms with van der Waals surface area (Å²) in [6.45, 7) is 0. The maximum absolute atomic E-state index is 6.27. The summed E-state index contributed by atoms with van der Waals surface area (Å²) in [5, 5.41) is 6.34. The lowest BCUT2D eigenvalue weighted by atomic mass is 10.1. The molecule has 0 aliphatic rings. The van der Waals surface area contributed by atoms with E-state index in [4.69, 9.17) is 5.73 Å². The zero-order valence-electron chi connectivity index (χ0n) is 9.45. The van der Waals surface area contributed by atoms with Crippen LogP contribution in [-0.2, 0) is 6.42 Å². The number of aromatic nitrogens is 3. The average molecular weight is 323 g/mol. The Balaban J connectivity index is 1.93. The summed E-state index contributed by atoms with van der Waals surface area (Å²) in [6, 6.07) is 1.98. The highest BCUT2D eigenvalue weighted by Crippen LogP contribution is 2.28. The Labute approximate surface area is 117 Å². The molecule has 3 heterocycles. The zero-order valence-corrected chi connectivity index (χ0v) is 11.9. The normalized spacial score (nSPS) is 13.0. The van der Waals surface area contributed by atoms with Crippen LogP contribution in [0.3, 0.4) is 0 Å². The van der Waals surface area contributed by atoms with E-state index in [1.165, 1.54) is 4.88 Å². The predicted octanol–water partition coefficient (Wildman–Crippen LogP) is 2.80. The Morgan fingerprint density at radius 3 is 3.11 bits per heavy atom. The molecule has 0 aromatic carbocycles. The van der Waals surface area contributed by atoms with Crippen molar-refractivity contribution in [1.82, 2.24) is 14.6 Å². The third-order valence-corrected chi connectivity index (χ3v) is 4.80. The van der Waals surface area contributed by atoms with Crippen LogP contribution in [-0.4, -0.2) is 14.6 Å². The van der Waals surface area contributed by atoms with Gasteiger partial charge in [-0.3, -0.25) is 4.98 Å². The molecule has 92 valence electrons. The molecule has 2 N–H and O–H groups in total. The van der Waals surface area contributed by atoms with E-state index >= 15 is 0 Å². The van der Waals surface area contributed by atoms with Crippen LogP contribution < -0.4 is 5.73 Å². The van der Waals surface area contributed by atoms with Gasteiger partial charge in [-0.2, -0.15) is 5.10 Å². The first-order valence-electron chi connectivity index (χ1n) is 5.50. The molecule has 0 saturated carbocycles. The highest BCUT2D eigenvalue weighted by atomic mass is 79.9. The standard InChI is InChI=1S/C12H11BrN4S/c13-9-1-4-18-12(9)5-10(14)8-6-16-17-3-2-15-7-11(8)17/h1-4,6-7,10H,5,14H2. The van der Waals surface area contributed by atoms with Crippen LogP contribution in [0.2, 0.25) is 0 Å². The molecule has 3 rings (SSSR count). The van der Waals surface area contributed by atoms with Crippen molar-refractivity contribution in [2.24, 2.45) is 5.73 Å². The minimum Gasteiger partial charge on any atom is -0.324 e. The van der Waals surface area contributed by atoms with Crippen LogP contribution in [0.25, 0.3) is 5.52 Å². The van der Waals surface area contributed by atoms with E-state index in [2.05, 4.69) is 31.4 Å². The fourth-order valence-corrected chi connectivity index (χ4v) is 3.49. The second-order valence-corrected chi connectivity index (χ2v) is 5.86. The third-order valence-electron chi connectivity index (χ3n) is 2.85. The molecule has 0 fully saturated rings. The van der Waals surface area contributed by atoms with Gasteiger partial charge in [0, 0.05) is 39.8 Å². The van der Waals surface area contributed by atoms with E-state index in [1.54, 1.807) is 28.2 Å². The second kappa shape index (κ2) is 4.79. The van der Waals surface area contributed by atoms with Gasteiger partial charge in [-0.15, -0.1) is 11.3 Å². The Hall–Kier alpha value is -1.24. The lowest BCUT2D eigenvalue weighted by Crippen LogP contribution is -2.12. The molecule has 0 amide bonds. The van der Waals surface area contributed by atoms with Gasteiger partial charge in [-0.25, -0.2) is 4.52 Å². The topological polar surface area (TPSA) is 56.2 Å². The predicted molar refractivity (Wildman–Crippen MR) is 75.6 cm³/mol. The Morgan fingerprint density at radius 1 is 1.44 bits per heavy atom. The molecule has 0 spiro atoms. The lowest BCUT2D eigenvalue weighted by Gasteiger charge is -2.09. The number of hydrogen-bond acceptors (Lipinski definition) is 4. The molecule has 3 aromatic rings. The van der Waals surface area contributed by atoms with Gasteiger partial charge < -0.3 is 5.73 Å². The van der Waals surface area contributed by atoms with Crippen LogP contribution in [0, 0.1) is 0 Å². The Bertz CT molecular complexity index is 675. The Morgan fingerprint density at radius 2 is 2.33 bits per heavy atom. The van der Waals surface area contributed by atoms with Gasteiger partial charge in [0.15, 0.2) is 0 Å². The van der Waals surface area contributed by atoms with Gasteiger partial charge in [0.25, 0.3) is 0 Å². The number of fused-ring (bicyclic) bond motifs is 1. The van der Waals surface area contributed by atoms with Gasteiger partial charge in [-0.05, 0) is 27.4 Å². The van der Waals surface area contributed by atoms with Gasteiger partial charge in [0.1, 0.15) is 0 Å². The molecular weight excluding hydrogens is 312 g/mol. The molecular formula is C12H11BrN4S. The highest BCUT2D eigenvalue weighted by Gasteiger charge is 2.15. The lowest BCUT2D eigenvalue weighted by molar-refractivity contribution is 0.734. The molecule has 6 heteroatoms. The maximum Gasteiger partial charge on any atom is 0.0892 e. The maximum atomic E-state index is 6.27. The summed E-state index contributed by atoms with van der Waals surface area (Å²) in [5.41, 5.74) is 8.27. The summed E-state index contributed by atoms with van der Waals surface area (Å²) in [4.78, 5) is 5.38. The van der Waals surface area contributed by atoms with E-state index in [0.717, 1.165) is 22.0 Å². The van der Waals surface area contributed by atoms with Crippen molar-refractivity contribution in [2.75, 3.05) is 0 Å². The first-order chi connectivity index (χ1) is 8.75. The van der Waals surface area contributed by atoms with Crippen molar-refractivity contribution in [2.45, 2.75) is 12.5 Å². The first-order valence-corrected chi connectivity index (χ1v) is 7.17. The SMILES string of the molecule is NC(Cc1sccc1Br)c1cnn2ccncc12. The van der Waals surface area contributed by atoms with Crippen molar-refractivity contribution < 1.29 is 0 Å². The van der Waals surface area contributed by atoms with Crippen molar-refractivity contribution >= 4 is 32.8 Å². The molecule has 18 heavy (non-hydrogen) atoms. The summed E-state index contributed by atoms with van der Waals surface area (Å²) in [7, 11) is 0. The minimum atomic E-state index is -0.0679. The first kappa shape index (κ1) is 11.8. The molecule has 0 aliphatic heterocycles. The average Bonchev–Trinajstić information content (AvgIpc) is 2.96. The quantitative estimate of drug-likeness (QED) is 0.806. The molecule has 1 unspecified atom stereocenters. The van der Waals surface area contributed by atoms with Crippen molar-refractivity contribution in [3.63, 3.8) is 0 Å². The van der Waals surface area contributed by atoms with Crippen molar-refractivity contribution in [3.05, 3.63) is 51.1 Å². The van der Waals surface area contributed by atoms with E-state index < -0.39 is 0 Å². The summed E-state index contributed by atoms with van der Waals surface area (Å²) in [6.07, 6.45) is 7.96. The summed E-state index contributed by atoms with van der Waals surface area (Å²) >= 11 is 5.24. The summed E-state index contributed by atoms with van der Waals surface area (Å²) < 4.78 is 2.92. The Kier molecular flexibility index (Phi) is 3.15. The monoisotopic (exact) mass is 322 g/mol.